The summed E-state index contributed by atoms with van der Waals surface area (Å²) in [5.41, 5.74) is 4.32. The van der Waals surface area contributed by atoms with Gasteiger partial charge >= 0.3 is 6.09 Å². The van der Waals surface area contributed by atoms with Crippen molar-refractivity contribution in [3.05, 3.63) is 82.4 Å². The van der Waals surface area contributed by atoms with E-state index < -0.39 is 5.60 Å². The molecule has 48 heavy (non-hydrogen) atoms. The molecule has 2 amide bonds. The third-order valence-electron chi connectivity index (χ3n) is 9.35. The van der Waals surface area contributed by atoms with Crippen LogP contribution in [0.1, 0.15) is 89.5 Å². The third-order valence-corrected chi connectivity index (χ3v) is 9.60. The number of amides is 2. The number of rotatable bonds is 10. The Balaban J connectivity index is 1.33. The van der Waals surface area contributed by atoms with Gasteiger partial charge < -0.3 is 29.3 Å². The first kappa shape index (κ1) is 35.4. The predicted molar refractivity (Wildman–Crippen MR) is 193 cm³/mol. The smallest absolute Gasteiger partial charge is 0.407 e. The van der Waals surface area contributed by atoms with Gasteiger partial charge in [-0.3, -0.25) is 4.79 Å². The molecule has 1 heterocycles. The number of carbonyl (C=O) groups is 2. The van der Waals surface area contributed by atoms with Crippen molar-refractivity contribution in [1.82, 2.24) is 5.32 Å². The summed E-state index contributed by atoms with van der Waals surface area (Å²) in [5.74, 6) is 1.85. The van der Waals surface area contributed by atoms with Crippen molar-refractivity contribution in [2.75, 3.05) is 30.5 Å². The Morgan fingerprint density at radius 1 is 1.02 bits per heavy atom. The van der Waals surface area contributed by atoms with Crippen LogP contribution in [0.2, 0.25) is 5.02 Å². The quantitative estimate of drug-likeness (QED) is 0.232. The van der Waals surface area contributed by atoms with Gasteiger partial charge in [-0.15, -0.1) is 0 Å². The fourth-order valence-electron chi connectivity index (χ4n) is 6.70. The SMILES string of the molecule is CCC(C)Oc1cc2c(cc1OC)CC(=O)N(c1ccc(N(C)CC3CCC(NC(=O)OC(C)(C)C)CC3)cc1)C2c1ccc(Cl)cc1. The predicted octanol–water partition coefficient (Wildman–Crippen LogP) is 8.72. The van der Waals surface area contributed by atoms with Gasteiger partial charge in [-0.1, -0.05) is 30.7 Å². The van der Waals surface area contributed by atoms with Gasteiger partial charge in [-0.25, -0.2) is 4.79 Å². The lowest BCUT2D eigenvalue weighted by Gasteiger charge is -2.38. The molecule has 1 saturated carbocycles. The standard InChI is InChI=1S/C39H50ClN3O5/c1-8-25(2)47-35-23-33-28(21-34(35)46-7)22-36(44)43(37(33)27-11-13-29(40)14-12-27)32-19-17-31(18-20-32)42(6)24-26-9-15-30(16-10-26)41-38(45)48-39(3,4)5/h11-14,17-21,23,25-26,30,37H,8-10,15-16,22,24H2,1-7H3,(H,41,45). The van der Waals surface area contributed by atoms with Crippen molar-refractivity contribution in [3.8, 4) is 11.5 Å². The van der Waals surface area contributed by atoms with Crippen molar-refractivity contribution in [1.29, 1.82) is 0 Å². The topological polar surface area (TPSA) is 80.3 Å². The first-order valence-electron chi connectivity index (χ1n) is 17.1. The van der Waals surface area contributed by atoms with Crippen LogP contribution < -0.4 is 24.6 Å². The molecule has 2 aliphatic rings. The van der Waals surface area contributed by atoms with Gasteiger partial charge in [-0.2, -0.15) is 0 Å². The molecule has 0 radical (unpaired) electrons. The minimum Gasteiger partial charge on any atom is -0.493 e. The largest absolute Gasteiger partial charge is 0.493 e. The molecular weight excluding hydrogens is 626 g/mol. The fraction of sp³-hybridized carbons (Fsp3) is 0.487. The van der Waals surface area contributed by atoms with Gasteiger partial charge in [0.25, 0.3) is 0 Å². The lowest BCUT2D eigenvalue weighted by atomic mass is 9.85. The summed E-state index contributed by atoms with van der Waals surface area (Å²) < 4.78 is 17.4. The number of ether oxygens (including phenoxy) is 3. The van der Waals surface area contributed by atoms with Crippen molar-refractivity contribution < 1.29 is 23.8 Å². The number of carbonyl (C=O) groups excluding carboxylic acids is 2. The van der Waals surface area contributed by atoms with E-state index in [1.807, 2.05) is 81.1 Å². The molecule has 1 aliphatic heterocycles. The molecule has 1 fully saturated rings. The van der Waals surface area contributed by atoms with Crippen molar-refractivity contribution in [2.24, 2.45) is 5.92 Å². The van der Waals surface area contributed by atoms with Crippen LogP contribution in [-0.4, -0.2) is 50.4 Å². The number of hydrogen-bond donors (Lipinski definition) is 1. The minimum absolute atomic E-state index is 0.0120. The van der Waals surface area contributed by atoms with E-state index in [4.69, 9.17) is 25.8 Å². The number of hydrogen-bond acceptors (Lipinski definition) is 6. The molecule has 258 valence electrons. The molecule has 3 aromatic carbocycles. The van der Waals surface area contributed by atoms with Crippen molar-refractivity contribution in [2.45, 2.75) is 96.9 Å². The van der Waals surface area contributed by atoms with Gasteiger partial charge in [0.15, 0.2) is 11.5 Å². The molecule has 2 atom stereocenters. The molecule has 0 saturated heterocycles. The maximum Gasteiger partial charge on any atom is 0.407 e. The highest BCUT2D eigenvalue weighted by Crippen LogP contribution is 2.44. The first-order valence-corrected chi connectivity index (χ1v) is 17.5. The number of alkyl carbamates (subject to hydrolysis) is 1. The van der Waals surface area contributed by atoms with Crippen molar-refractivity contribution >= 4 is 35.0 Å². The summed E-state index contributed by atoms with van der Waals surface area (Å²) in [4.78, 5) is 30.3. The molecule has 8 nitrogen and oxygen atoms in total. The molecule has 1 N–H and O–H groups in total. The minimum atomic E-state index is -0.498. The summed E-state index contributed by atoms with van der Waals surface area (Å²) in [6.45, 7) is 10.7. The molecule has 2 unspecified atom stereocenters. The van der Waals surface area contributed by atoms with Crippen molar-refractivity contribution in [3.63, 3.8) is 0 Å². The average molecular weight is 676 g/mol. The Kier molecular flexibility index (Phi) is 11.1. The molecule has 5 rings (SSSR count). The van der Waals surface area contributed by atoms with Crippen LogP contribution in [0.4, 0.5) is 16.2 Å². The number of anilines is 2. The number of nitrogens with zero attached hydrogens (tertiary/aromatic N) is 2. The summed E-state index contributed by atoms with van der Waals surface area (Å²) in [6, 6.07) is 19.8. The van der Waals surface area contributed by atoms with E-state index in [0.29, 0.717) is 22.4 Å². The number of nitrogens with one attached hydrogen (secondary N) is 1. The Morgan fingerprint density at radius 2 is 1.69 bits per heavy atom. The molecule has 3 aromatic rings. The van der Waals surface area contributed by atoms with E-state index in [1.54, 1.807) is 7.11 Å². The van der Waals surface area contributed by atoms with Crippen LogP contribution >= 0.6 is 11.6 Å². The van der Waals surface area contributed by atoms with Crippen LogP contribution in [0.5, 0.6) is 11.5 Å². The lowest BCUT2D eigenvalue weighted by molar-refractivity contribution is -0.118. The lowest BCUT2D eigenvalue weighted by Crippen LogP contribution is -2.42. The molecular formula is C39H50ClN3O5. The average Bonchev–Trinajstić information content (AvgIpc) is 3.04. The Hall–Kier alpha value is -3.91. The van der Waals surface area contributed by atoms with Gasteiger partial charge in [0, 0.05) is 36.0 Å². The Bertz CT molecular complexity index is 1560. The zero-order valence-corrected chi connectivity index (χ0v) is 30.1. The maximum atomic E-state index is 13.9. The monoisotopic (exact) mass is 675 g/mol. The number of fused-ring (bicyclic) bond motifs is 1. The second-order valence-electron chi connectivity index (χ2n) is 14.2. The third kappa shape index (κ3) is 8.56. The van der Waals surface area contributed by atoms with Gasteiger partial charge in [0.05, 0.1) is 25.7 Å². The van der Waals surface area contributed by atoms with E-state index in [2.05, 4.69) is 36.3 Å². The van der Waals surface area contributed by atoms with E-state index in [9.17, 15) is 9.59 Å². The van der Waals surface area contributed by atoms with Gasteiger partial charge in [0.2, 0.25) is 5.91 Å². The second-order valence-corrected chi connectivity index (χ2v) is 14.6. The zero-order chi connectivity index (χ0) is 34.6. The first-order chi connectivity index (χ1) is 22.8. The highest BCUT2D eigenvalue weighted by Gasteiger charge is 2.36. The fourth-order valence-corrected chi connectivity index (χ4v) is 6.83. The molecule has 1 aliphatic carbocycles. The van der Waals surface area contributed by atoms with E-state index in [1.165, 1.54) is 0 Å². The van der Waals surface area contributed by atoms with Crippen LogP contribution in [0, 0.1) is 5.92 Å². The Labute approximate surface area is 290 Å². The number of benzene rings is 3. The molecule has 0 spiro atoms. The van der Waals surface area contributed by atoms with Crippen LogP contribution in [-0.2, 0) is 16.0 Å². The van der Waals surface area contributed by atoms with Crippen LogP contribution in [0.25, 0.3) is 0 Å². The normalized spacial score (nSPS) is 20.0. The summed E-state index contributed by atoms with van der Waals surface area (Å²) in [6.07, 6.45) is 4.76. The molecule has 0 aromatic heterocycles. The maximum absolute atomic E-state index is 13.9. The zero-order valence-electron chi connectivity index (χ0n) is 29.3. The molecule has 0 bridgehead atoms. The van der Waals surface area contributed by atoms with E-state index in [-0.39, 0.29) is 36.6 Å². The second kappa shape index (κ2) is 15.1. The van der Waals surface area contributed by atoms with E-state index in [0.717, 1.165) is 66.7 Å². The summed E-state index contributed by atoms with van der Waals surface area (Å²) >= 11 is 6.29. The highest BCUT2D eigenvalue weighted by molar-refractivity contribution is 6.30. The summed E-state index contributed by atoms with van der Waals surface area (Å²) in [7, 11) is 3.75. The number of halogens is 1. The van der Waals surface area contributed by atoms with Gasteiger partial charge in [-0.05, 0) is 131 Å². The van der Waals surface area contributed by atoms with Gasteiger partial charge in [0.1, 0.15) is 5.60 Å². The van der Waals surface area contributed by atoms with E-state index >= 15 is 0 Å². The number of methoxy groups -OCH3 is 1. The summed E-state index contributed by atoms with van der Waals surface area (Å²) in [5, 5.41) is 3.68. The van der Waals surface area contributed by atoms with Crippen LogP contribution in [0.15, 0.2) is 60.7 Å². The highest BCUT2D eigenvalue weighted by atomic mass is 35.5. The van der Waals surface area contributed by atoms with Crippen LogP contribution in [0.3, 0.4) is 0 Å². The molecule has 9 heteroatoms. The Morgan fingerprint density at radius 3 is 2.29 bits per heavy atom.